The van der Waals surface area contributed by atoms with E-state index in [0.717, 1.165) is 4.68 Å². The Bertz CT molecular complexity index is 1130. The largest absolute Gasteiger partial charge is 0.543 e. The second-order valence-corrected chi connectivity index (χ2v) is 6.50. The summed E-state index contributed by atoms with van der Waals surface area (Å²) >= 11 is 5.97. The van der Waals surface area contributed by atoms with E-state index in [0.29, 0.717) is 0 Å². The molecule has 0 saturated heterocycles. The Morgan fingerprint density at radius 1 is 1.18 bits per heavy atom. The van der Waals surface area contributed by atoms with E-state index in [1.807, 2.05) is 0 Å². The van der Waals surface area contributed by atoms with E-state index in [9.17, 15) is 23.9 Å². The van der Waals surface area contributed by atoms with Gasteiger partial charge in [-0.25, -0.2) is 9.07 Å². The van der Waals surface area contributed by atoms with Gasteiger partial charge in [-0.15, -0.1) is 0 Å². The lowest BCUT2D eigenvalue weighted by Crippen LogP contribution is -2.37. The first-order valence-corrected chi connectivity index (χ1v) is 8.55. The summed E-state index contributed by atoms with van der Waals surface area (Å²) in [6.45, 7) is -0.646. The molecule has 1 aromatic heterocycles. The first kappa shape index (κ1) is 19.5. The zero-order valence-corrected chi connectivity index (χ0v) is 15.4. The number of likely N-dealkylation sites (N-methyl/N-ethyl adjacent to an activating group) is 1. The lowest BCUT2D eigenvalue weighted by Gasteiger charge is -2.19. The van der Waals surface area contributed by atoms with Crippen LogP contribution in [0.4, 0.5) is 4.39 Å². The predicted octanol–water partition coefficient (Wildman–Crippen LogP) is 1.21. The number of carboxylic acid groups (broad SMARTS) is 1. The highest BCUT2D eigenvalue weighted by Gasteiger charge is 2.18. The molecule has 0 bridgehead atoms. The SMILES string of the molecule is CN(Cc1c(F)cccc1Cl)C(=O)Cn1nc(C(=O)[O-])c2ccccc2c1=O. The number of hydrogen-bond acceptors (Lipinski definition) is 5. The average Bonchev–Trinajstić information content (AvgIpc) is 2.66. The Morgan fingerprint density at radius 3 is 2.50 bits per heavy atom. The van der Waals surface area contributed by atoms with E-state index in [1.165, 1.54) is 42.3 Å². The minimum Gasteiger partial charge on any atom is -0.543 e. The smallest absolute Gasteiger partial charge is 0.275 e. The normalized spacial score (nSPS) is 10.8. The Hall–Kier alpha value is -3.26. The van der Waals surface area contributed by atoms with Crippen LogP contribution in [0, 0.1) is 5.82 Å². The molecule has 0 aliphatic rings. The predicted molar refractivity (Wildman–Crippen MR) is 98.2 cm³/mol. The topological polar surface area (TPSA) is 95.3 Å². The van der Waals surface area contributed by atoms with E-state index in [2.05, 4.69) is 5.10 Å². The molecular weight excluding hydrogens is 389 g/mol. The van der Waals surface area contributed by atoms with E-state index in [1.54, 1.807) is 12.1 Å². The van der Waals surface area contributed by atoms with E-state index in [4.69, 9.17) is 11.6 Å². The third-order valence-corrected chi connectivity index (χ3v) is 4.58. The maximum atomic E-state index is 13.9. The molecule has 3 rings (SSSR count). The number of nitrogens with zero attached hydrogens (tertiary/aromatic N) is 3. The van der Waals surface area contributed by atoms with Gasteiger partial charge < -0.3 is 14.8 Å². The Kier molecular flexibility index (Phi) is 5.41. The molecule has 0 N–H and O–H groups in total. The van der Waals surface area contributed by atoms with Crippen molar-refractivity contribution in [3.8, 4) is 0 Å². The van der Waals surface area contributed by atoms with Crippen molar-refractivity contribution in [1.29, 1.82) is 0 Å². The van der Waals surface area contributed by atoms with Crippen LogP contribution >= 0.6 is 11.6 Å². The number of aromatic carboxylic acids is 1. The van der Waals surface area contributed by atoms with Gasteiger partial charge in [0.2, 0.25) is 5.91 Å². The molecule has 0 aliphatic heterocycles. The van der Waals surface area contributed by atoms with Gasteiger partial charge in [0.1, 0.15) is 18.1 Å². The van der Waals surface area contributed by atoms with Crippen LogP contribution in [-0.4, -0.2) is 33.6 Å². The van der Waals surface area contributed by atoms with Crippen LogP contribution < -0.4 is 10.7 Å². The molecule has 0 atom stereocenters. The van der Waals surface area contributed by atoms with Crippen LogP contribution in [0.15, 0.2) is 47.3 Å². The van der Waals surface area contributed by atoms with Gasteiger partial charge in [-0.1, -0.05) is 35.9 Å². The van der Waals surface area contributed by atoms with Crippen molar-refractivity contribution in [2.24, 2.45) is 0 Å². The lowest BCUT2D eigenvalue weighted by atomic mass is 10.1. The van der Waals surface area contributed by atoms with Crippen molar-refractivity contribution < 1.29 is 19.1 Å². The first-order valence-electron chi connectivity index (χ1n) is 8.17. The highest BCUT2D eigenvalue weighted by atomic mass is 35.5. The summed E-state index contributed by atoms with van der Waals surface area (Å²) < 4.78 is 14.7. The van der Waals surface area contributed by atoms with Crippen molar-refractivity contribution in [2.75, 3.05) is 7.05 Å². The number of benzene rings is 2. The number of fused-ring (bicyclic) bond motifs is 1. The minimum atomic E-state index is -1.57. The van der Waals surface area contributed by atoms with Crippen LogP contribution in [0.25, 0.3) is 10.8 Å². The maximum absolute atomic E-state index is 13.9. The molecule has 144 valence electrons. The van der Waals surface area contributed by atoms with Crippen molar-refractivity contribution >= 4 is 34.2 Å². The molecule has 0 unspecified atom stereocenters. The molecule has 0 radical (unpaired) electrons. The van der Waals surface area contributed by atoms with Crippen molar-refractivity contribution in [3.05, 3.63) is 74.9 Å². The number of carbonyl (C=O) groups is 2. The fourth-order valence-corrected chi connectivity index (χ4v) is 2.97. The van der Waals surface area contributed by atoms with Gasteiger partial charge in [0, 0.05) is 29.6 Å². The zero-order chi connectivity index (χ0) is 20.4. The molecule has 0 aliphatic carbocycles. The summed E-state index contributed by atoms with van der Waals surface area (Å²) in [5, 5.41) is 15.5. The quantitative estimate of drug-likeness (QED) is 0.639. The van der Waals surface area contributed by atoms with Crippen molar-refractivity contribution in [3.63, 3.8) is 0 Å². The van der Waals surface area contributed by atoms with Crippen LogP contribution in [-0.2, 0) is 17.9 Å². The monoisotopic (exact) mass is 402 g/mol. The molecular formula is C19H14ClFN3O4-. The molecule has 3 aromatic rings. The highest BCUT2D eigenvalue weighted by Crippen LogP contribution is 2.20. The van der Waals surface area contributed by atoms with Crippen LogP contribution in [0.3, 0.4) is 0 Å². The molecule has 0 fully saturated rings. The van der Waals surface area contributed by atoms with Gasteiger partial charge in [0.15, 0.2) is 0 Å². The van der Waals surface area contributed by atoms with Gasteiger partial charge in [-0.05, 0) is 18.2 Å². The van der Waals surface area contributed by atoms with Crippen LogP contribution in [0.1, 0.15) is 16.1 Å². The number of amides is 1. The number of aromatic nitrogens is 2. The Labute approximate surface area is 163 Å². The lowest BCUT2D eigenvalue weighted by molar-refractivity contribution is -0.255. The molecule has 0 spiro atoms. The van der Waals surface area contributed by atoms with Crippen LogP contribution in [0.5, 0.6) is 0 Å². The molecule has 9 heteroatoms. The second kappa shape index (κ2) is 7.77. The fourth-order valence-electron chi connectivity index (χ4n) is 2.75. The standard InChI is InChI=1S/C19H15ClFN3O4/c1-23(9-13-14(20)7-4-8-15(13)21)16(25)10-24-18(26)12-6-3-2-5-11(12)17(22-24)19(27)28/h2-8H,9-10H2,1H3,(H,27,28)/p-1. The molecule has 2 aromatic carbocycles. The zero-order valence-electron chi connectivity index (χ0n) is 14.7. The maximum Gasteiger partial charge on any atom is 0.275 e. The van der Waals surface area contributed by atoms with Crippen molar-refractivity contribution in [1.82, 2.24) is 14.7 Å². The van der Waals surface area contributed by atoms with Gasteiger partial charge in [0.05, 0.1) is 11.4 Å². The third-order valence-electron chi connectivity index (χ3n) is 4.23. The molecule has 0 saturated carbocycles. The van der Waals surface area contributed by atoms with Gasteiger partial charge in [0.25, 0.3) is 5.56 Å². The van der Waals surface area contributed by atoms with Crippen LogP contribution in [0.2, 0.25) is 5.02 Å². The molecule has 1 heterocycles. The van der Waals surface area contributed by atoms with E-state index in [-0.39, 0.29) is 27.9 Å². The third kappa shape index (κ3) is 3.72. The number of carboxylic acids is 1. The number of hydrogen-bond donors (Lipinski definition) is 0. The highest BCUT2D eigenvalue weighted by molar-refractivity contribution is 6.31. The summed E-state index contributed by atoms with van der Waals surface area (Å²) in [6.07, 6.45) is 0. The molecule has 1 amide bonds. The average molecular weight is 403 g/mol. The van der Waals surface area contributed by atoms with E-state index < -0.39 is 35.5 Å². The fraction of sp³-hybridized carbons (Fsp3) is 0.158. The molecule has 7 nitrogen and oxygen atoms in total. The van der Waals surface area contributed by atoms with Crippen molar-refractivity contribution in [2.45, 2.75) is 13.1 Å². The summed E-state index contributed by atoms with van der Waals surface area (Å²) in [5.41, 5.74) is -0.927. The summed E-state index contributed by atoms with van der Waals surface area (Å²) in [7, 11) is 1.41. The second-order valence-electron chi connectivity index (χ2n) is 6.09. The van der Waals surface area contributed by atoms with Gasteiger partial charge >= 0.3 is 0 Å². The summed E-state index contributed by atoms with van der Waals surface area (Å²) in [4.78, 5) is 37.6. The number of halogens is 2. The summed E-state index contributed by atoms with van der Waals surface area (Å²) in [6, 6.07) is 10.2. The summed E-state index contributed by atoms with van der Waals surface area (Å²) in [5.74, 6) is -2.70. The van der Waals surface area contributed by atoms with E-state index >= 15 is 0 Å². The minimum absolute atomic E-state index is 0.101. The number of rotatable bonds is 5. The Balaban J connectivity index is 1.92. The first-order chi connectivity index (χ1) is 13.3. The Morgan fingerprint density at radius 2 is 1.86 bits per heavy atom. The number of carbonyl (C=O) groups excluding carboxylic acids is 2. The molecule has 28 heavy (non-hydrogen) atoms. The van der Waals surface area contributed by atoms with Gasteiger partial charge in [-0.2, -0.15) is 5.10 Å². The van der Waals surface area contributed by atoms with Gasteiger partial charge in [-0.3, -0.25) is 9.59 Å².